The van der Waals surface area contributed by atoms with Crippen LogP contribution < -0.4 is 5.32 Å². The molecule has 0 saturated carbocycles. The van der Waals surface area contributed by atoms with Gasteiger partial charge in [-0.1, -0.05) is 19.9 Å². The van der Waals surface area contributed by atoms with Crippen molar-refractivity contribution in [3.05, 3.63) is 35.4 Å². The maximum atomic E-state index is 13.7. The van der Waals surface area contributed by atoms with Gasteiger partial charge in [-0.25, -0.2) is 8.78 Å². The molecule has 0 bridgehead atoms. The zero-order valence-corrected chi connectivity index (χ0v) is 11.3. The third-order valence-electron chi connectivity index (χ3n) is 3.36. The van der Waals surface area contributed by atoms with Crippen LogP contribution in [0, 0.1) is 17.6 Å². The van der Waals surface area contributed by atoms with Gasteiger partial charge in [-0.05, 0) is 18.1 Å². The standard InChI is InChI=1S/C14H16F2N2O2/c1-8(2)13-14(20)17-6-12(19)18(13)7-9-10(15)4-3-5-11(9)16/h3-5,8,13H,6-7H2,1-2H3,(H,17,20). The van der Waals surface area contributed by atoms with Crippen molar-refractivity contribution in [3.8, 4) is 0 Å². The Kier molecular flexibility index (Phi) is 4.01. The maximum Gasteiger partial charge on any atom is 0.243 e. The fourth-order valence-electron chi connectivity index (χ4n) is 2.37. The van der Waals surface area contributed by atoms with Crippen LogP contribution in [-0.4, -0.2) is 29.3 Å². The van der Waals surface area contributed by atoms with Crippen LogP contribution in [0.5, 0.6) is 0 Å². The molecule has 0 aliphatic carbocycles. The third-order valence-corrected chi connectivity index (χ3v) is 3.36. The highest BCUT2D eigenvalue weighted by Crippen LogP contribution is 2.21. The quantitative estimate of drug-likeness (QED) is 0.912. The summed E-state index contributed by atoms with van der Waals surface area (Å²) in [4.78, 5) is 25.0. The number of amides is 2. The normalized spacial score (nSPS) is 19.4. The summed E-state index contributed by atoms with van der Waals surface area (Å²) in [5, 5.41) is 2.49. The fourth-order valence-corrected chi connectivity index (χ4v) is 2.37. The summed E-state index contributed by atoms with van der Waals surface area (Å²) in [6.07, 6.45) is 0. The summed E-state index contributed by atoms with van der Waals surface area (Å²) in [6.45, 7) is 3.19. The summed E-state index contributed by atoms with van der Waals surface area (Å²) in [5.74, 6) is -2.21. The number of hydrogen-bond donors (Lipinski definition) is 1. The van der Waals surface area contributed by atoms with E-state index in [0.29, 0.717) is 0 Å². The van der Waals surface area contributed by atoms with Crippen molar-refractivity contribution in [3.63, 3.8) is 0 Å². The lowest BCUT2D eigenvalue weighted by Gasteiger charge is -2.37. The minimum atomic E-state index is -0.716. The molecule has 6 heteroatoms. The van der Waals surface area contributed by atoms with Gasteiger partial charge >= 0.3 is 0 Å². The predicted octanol–water partition coefficient (Wildman–Crippen LogP) is 1.45. The van der Waals surface area contributed by atoms with Crippen LogP contribution >= 0.6 is 0 Å². The number of hydrogen-bond acceptors (Lipinski definition) is 2. The van der Waals surface area contributed by atoms with E-state index >= 15 is 0 Å². The van der Waals surface area contributed by atoms with E-state index in [1.165, 1.54) is 11.0 Å². The molecule has 1 fully saturated rings. The monoisotopic (exact) mass is 282 g/mol. The SMILES string of the molecule is CC(C)C1C(=O)NCC(=O)N1Cc1c(F)cccc1F. The van der Waals surface area contributed by atoms with Crippen molar-refractivity contribution in [2.75, 3.05) is 6.54 Å². The summed E-state index contributed by atoms with van der Waals surface area (Å²) < 4.78 is 27.4. The van der Waals surface area contributed by atoms with Gasteiger partial charge < -0.3 is 10.2 Å². The minimum Gasteiger partial charge on any atom is -0.345 e. The maximum absolute atomic E-state index is 13.7. The summed E-state index contributed by atoms with van der Waals surface area (Å²) >= 11 is 0. The van der Waals surface area contributed by atoms with Gasteiger partial charge in [0.2, 0.25) is 11.8 Å². The Balaban J connectivity index is 2.33. The summed E-state index contributed by atoms with van der Waals surface area (Å²) in [6, 6.07) is 2.82. The van der Waals surface area contributed by atoms with E-state index in [1.807, 2.05) is 0 Å². The van der Waals surface area contributed by atoms with Crippen LogP contribution in [0.1, 0.15) is 19.4 Å². The molecule has 1 aromatic rings. The van der Waals surface area contributed by atoms with E-state index in [1.54, 1.807) is 13.8 Å². The van der Waals surface area contributed by atoms with Gasteiger partial charge in [0.05, 0.1) is 13.1 Å². The average molecular weight is 282 g/mol. The van der Waals surface area contributed by atoms with Gasteiger partial charge in [0.1, 0.15) is 17.7 Å². The van der Waals surface area contributed by atoms with E-state index in [4.69, 9.17) is 0 Å². The van der Waals surface area contributed by atoms with Gasteiger partial charge in [-0.3, -0.25) is 9.59 Å². The number of nitrogens with one attached hydrogen (secondary N) is 1. The molecule has 1 unspecified atom stereocenters. The Bertz CT molecular complexity index is 526. The minimum absolute atomic E-state index is 0.141. The molecule has 0 radical (unpaired) electrons. The van der Waals surface area contributed by atoms with E-state index in [-0.39, 0.29) is 36.4 Å². The second-order valence-corrected chi connectivity index (χ2v) is 5.13. The van der Waals surface area contributed by atoms with Crippen LogP contribution in [-0.2, 0) is 16.1 Å². The molecular formula is C14H16F2N2O2. The molecule has 1 saturated heterocycles. The molecule has 0 aromatic heterocycles. The Labute approximate surface area is 115 Å². The zero-order chi connectivity index (χ0) is 14.9. The Morgan fingerprint density at radius 3 is 2.45 bits per heavy atom. The number of halogens is 2. The molecule has 1 aromatic carbocycles. The first-order valence-electron chi connectivity index (χ1n) is 6.42. The molecule has 2 amide bonds. The second kappa shape index (κ2) is 5.56. The molecule has 0 spiro atoms. The second-order valence-electron chi connectivity index (χ2n) is 5.13. The summed E-state index contributed by atoms with van der Waals surface area (Å²) in [7, 11) is 0. The van der Waals surface area contributed by atoms with E-state index in [9.17, 15) is 18.4 Å². The Morgan fingerprint density at radius 1 is 1.30 bits per heavy atom. The average Bonchev–Trinajstić information content (AvgIpc) is 2.37. The van der Waals surface area contributed by atoms with Crippen LogP contribution in [0.4, 0.5) is 8.78 Å². The van der Waals surface area contributed by atoms with Crippen LogP contribution in [0.3, 0.4) is 0 Å². The van der Waals surface area contributed by atoms with Gasteiger partial charge in [0.25, 0.3) is 0 Å². The van der Waals surface area contributed by atoms with E-state index < -0.39 is 17.7 Å². The van der Waals surface area contributed by atoms with Crippen LogP contribution in [0.15, 0.2) is 18.2 Å². The number of nitrogens with zero attached hydrogens (tertiary/aromatic N) is 1. The van der Waals surface area contributed by atoms with E-state index in [2.05, 4.69) is 5.32 Å². The van der Waals surface area contributed by atoms with Crippen LogP contribution in [0.2, 0.25) is 0 Å². The molecule has 4 nitrogen and oxygen atoms in total. The van der Waals surface area contributed by atoms with Crippen molar-refractivity contribution in [1.82, 2.24) is 10.2 Å². The first-order valence-corrected chi connectivity index (χ1v) is 6.42. The smallest absolute Gasteiger partial charge is 0.243 e. The topological polar surface area (TPSA) is 49.4 Å². The lowest BCUT2D eigenvalue weighted by atomic mass is 9.98. The number of benzene rings is 1. The number of carbonyl (C=O) groups is 2. The first-order chi connectivity index (χ1) is 9.41. The fraction of sp³-hybridized carbons (Fsp3) is 0.429. The number of carbonyl (C=O) groups excluding carboxylic acids is 2. The highest BCUT2D eigenvalue weighted by molar-refractivity contribution is 5.94. The van der Waals surface area contributed by atoms with Crippen molar-refractivity contribution in [2.45, 2.75) is 26.4 Å². The highest BCUT2D eigenvalue weighted by atomic mass is 19.1. The highest BCUT2D eigenvalue weighted by Gasteiger charge is 2.37. The lowest BCUT2D eigenvalue weighted by Crippen LogP contribution is -2.59. The van der Waals surface area contributed by atoms with Gasteiger partial charge in [-0.15, -0.1) is 0 Å². The predicted molar refractivity (Wildman–Crippen MR) is 68.5 cm³/mol. The number of piperazine rings is 1. The van der Waals surface area contributed by atoms with Crippen molar-refractivity contribution in [2.24, 2.45) is 5.92 Å². The van der Waals surface area contributed by atoms with Gasteiger partial charge in [0.15, 0.2) is 0 Å². The molecule has 1 aliphatic rings. The molecule has 20 heavy (non-hydrogen) atoms. The first kappa shape index (κ1) is 14.4. The van der Waals surface area contributed by atoms with Crippen LogP contribution in [0.25, 0.3) is 0 Å². The summed E-state index contributed by atoms with van der Waals surface area (Å²) in [5.41, 5.74) is -0.193. The molecular weight excluding hydrogens is 266 g/mol. The molecule has 1 N–H and O–H groups in total. The lowest BCUT2D eigenvalue weighted by molar-refractivity contribution is -0.148. The van der Waals surface area contributed by atoms with Crippen molar-refractivity contribution in [1.29, 1.82) is 0 Å². The molecule has 1 atom stereocenters. The molecule has 1 heterocycles. The zero-order valence-electron chi connectivity index (χ0n) is 11.3. The van der Waals surface area contributed by atoms with E-state index in [0.717, 1.165) is 12.1 Å². The number of rotatable bonds is 3. The Morgan fingerprint density at radius 2 is 1.90 bits per heavy atom. The molecule has 1 aliphatic heterocycles. The third kappa shape index (κ3) is 2.64. The van der Waals surface area contributed by atoms with Crippen molar-refractivity contribution >= 4 is 11.8 Å². The van der Waals surface area contributed by atoms with Gasteiger partial charge in [0, 0.05) is 5.56 Å². The molecule has 2 rings (SSSR count). The largest absolute Gasteiger partial charge is 0.345 e. The molecule has 108 valence electrons. The van der Waals surface area contributed by atoms with Gasteiger partial charge in [-0.2, -0.15) is 0 Å². The Hall–Kier alpha value is -1.98. The van der Waals surface area contributed by atoms with Crippen molar-refractivity contribution < 1.29 is 18.4 Å².